The third-order valence-corrected chi connectivity index (χ3v) is 4.86. The van der Waals surface area contributed by atoms with Crippen molar-refractivity contribution >= 4 is 27.9 Å². The largest absolute Gasteiger partial charge is 0.285 e. The summed E-state index contributed by atoms with van der Waals surface area (Å²) >= 11 is 7.54. The van der Waals surface area contributed by atoms with Crippen LogP contribution in [0.4, 0.5) is 0 Å². The molecule has 4 nitrogen and oxygen atoms in total. The summed E-state index contributed by atoms with van der Waals surface area (Å²) in [6.07, 6.45) is 3.85. The normalized spacial score (nSPS) is 10.8. The fourth-order valence-corrected chi connectivity index (χ4v) is 3.75. The van der Waals surface area contributed by atoms with Gasteiger partial charge in [-0.2, -0.15) is 5.26 Å². The minimum atomic E-state index is 0.281. The Bertz CT molecular complexity index is 1040. The highest BCUT2D eigenvalue weighted by molar-refractivity contribution is 7.15. The van der Waals surface area contributed by atoms with Crippen LogP contribution in [-0.4, -0.2) is 14.4 Å². The summed E-state index contributed by atoms with van der Waals surface area (Å²) in [6.45, 7) is 0. The van der Waals surface area contributed by atoms with E-state index in [0.29, 0.717) is 5.02 Å². The first-order chi connectivity index (χ1) is 11.8. The highest BCUT2D eigenvalue weighted by Crippen LogP contribution is 2.33. The monoisotopic (exact) mass is 350 g/mol. The lowest BCUT2D eigenvalue weighted by molar-refractivity contribution is 1.08. The van der Waals surface area contributed by atoms with Crippen LogP contribution in [0.5, 0.6) is 0 Å². The van der Waals surface area contributed by atoms with Crippen LogP contribution in [0.25, 0.3) is 27.5 Å². The second kappa shape index (κ2) is 6.08. The lowest BCUT2D eigenvalue weighted by Crippen LogP contribution is -1.95. The second-order valence-electron chi connectivity index (χ2n) is 5.23. The smallest absolute Gasteiger partial charge is 0.194 e. The SMILES string of the molecule is N#CCc1c(-c2ccc(Cl)cc2)nc2scc(-c3cccnc3)n12. The van der Waals surface area contributed by atoms with Gasteiger partial charge in [0.05, 0.1) is 29.6 Å². The summed E-state index contributed by atoms with van der Waals surface area (Å²) in [7, 11) is 0. The number of hydrogen-bond donors (Lipinski definition) is 0. The van der Waals surface area contributed by atoms with Crippen LogP contribution in [-0.2, 0) is 6.42 Å². The molecule has 24 heavy (non-hydrogen) atoms. The minimum Gasteiger partial charge on any atom is -0.285 e. The number of aromatic nitrogens is 3. The number of nitriles is 1. The maximum atomic E-state index is 9.29. The van der Waals surface area contributed by atoms with Crippen molar-refractivity contribution in [2.45, 2.75) is 6.42 Å². The number of rotatable bonds is 3. The van der Waals surface area contributed by atoms with E-state index in [1.54, 1.807) is 17.5 Å². The van der Waals surface area contributed by atoms with Crippen LogP contribution < -0.4 is 0 Å². The zero-order valence-corrected chi connectivity index (χ0v) is 14.1. The van der Waals surface area contributed by atoms with Gasteiger partial charge in [0.1, 0.15) is 0 Å². The van der Waals surface area contributed by atoms with Crippen LogP contribution in [0, 0.1) is 11.3 Å². The fourth-order valence-electron chi connectivity index (χ4n) is 2.71. The molecule has 6 heteroatoms. The molecule has 0 aliphatic heterocycles. The predicted molar refractivity (Wildman–Crippen MR) is 96.1 cm³/mol. The van der Waals surface area contributed by atoms with E-state index < -0.39 is 0 Å². The predicted octanol–water partition coefficient (Wildman–Crippen LogP) is 4.84. The van der Waals surface area contributed by atoms with E-state index in [1.165, 1.54) is 0 Å². The maximum Gasteiger partial charge on any atom is 0.194 e. The molecule has 0 aliphatic carbocycles. The van der Waals surface area contributed by atoms with E-state index in [2.05, 4.69) is 15.5 Å². The van der Waals surface area contributed by atoms with Gasteiger partial charge in [0.15, 0.2) is 4.96 Å². The Labute approximate surface area is 147 Å². The van der Waals surface area contributed by atoms with Gasteiger partial charge in [-0.15, -0.1) is 11.3 Å². The minimum absolute atomic E-state index is 0.281. The number of thiazole rings is 1. The van der Waals surface area contributed by atoms with Crippen molar-refractivity contribution in [3.8, 4) is 28.6 Å². The molecule has 0 spiro atoms. The molecule has 4 aromatic rings. The molecule has 3 aromatic heterocycles. The van der Waals surface area contributed by atoms with Gasteiger partial charge in [-0.1, -0.05) is 23.7 Å². The average Bonchev–Trinajstić information content (AvgIpc) is 3.17. The molecule has 0 bridgehead atoms. The number of hydrogen-bond acceptors (Lipinski definition) is 4. The van der Waals surface area contributed by atoms with Crippen LogP contribution in [0.15, 0.2) is 54.2 Å². The number of imidazole rings is 1. The number of halogens is 1. The lowest BCUT2D eigenvalue weighted by atomic mass is 10.1. The molecular formula is C18H11ClN4S. The Morgan fingerprint density at radius 3 is 2.71 bits per heavy atom. The number of benzene rings is 1. The lowest BCUT2D eigenvalue weighted by Gasteiger charge is -2.04. The molecule has 0 unspecified atom stereocenters. The van der Waals surface area contributed by atoms with Crippen molar-refractivity contribution in [2.75, 3.05) is 0 Å². The van der Waals surface area contributed by atoms with Crippen molar-refractivity contribution in [1.29, 1.82) is 5.26 Å². The standard InChI is InChI=1S/C18H11ClN4S/c19-14-5-3-12(4-6-14)17-15(7-8-20)23-16(11-24-18(23)22-17)13-2-1-9-21-10-13/h1-6,9-11H,7H2. The fraction of sp³-hybridized carbons (Fsp3) is 0.0556. The zero-order valence-electron chi connectivity index (χ0n) is 12.5. The summed E-state index contributed by atoms with van der Waals surface area (Å²) in [4.78, 5) is 9.80. The average molecular weight is 351 g/mol. The van der Waals surface area contributed by atoms with Crippen molar-refractivity contribution < 1.29 is 0 Å². The highest BCUT2D eigenvalue weighted by Gasteiger charge is 2.18. The summed E-state index contributed by atoms with van der Waals surface area (Å²) in [5, 5.41) is 12.0. The van der Waals surface area contributed by atoms with Crippen LogP contribution in [0.3, 0.4) is 0 Å². The van der Waals surface area contributed by atoms with Gasteiger partial charge in [-0.25, -0.2) is 4.98 Å². The van der Waals surface area contributed by atoms with Crippen LogP contribution >= 0.6 is 22.9 Å². The Balaban J connectivity index is 1.97. The molecule has 116 valence electrons. The molecule has 0 fully saturated rings. The Kier molecular flexibility index (Phi) is 3.77. The topological polar surface area (TPSA) is 54.0 Å². The molecule has 0 amide bonds. The van der Waals surface area contributed by atoms with Crippen molar-refractivity contribution in [1.82, 2.24) is 14.4 Å². The van der Waals surface area contributed by atoms with E-state index in [1.807, 2.05) is 48.0 Å². The molecular weight excluding hydrogens is 340 g/mol. The second-order valence-corrected chi connectivity index (χ2v) is 6.50. The quantitative estimate of drug-likeness (QED) is 0.531. The number of nitrogens with zero attached hydrogens (tertiary/aromatic N) is 4. The first kappa shape index (κ1) is 14.9. The molecule has 0 atom stereocenters. The van der Waals surface area contributed by atoms with Gasteiger partial charge in [0.25, 0.3) is 0 Å². The molecule has 0 saturated carbocycles. The van der Waals surface area contributed by atoms with Gasteiger partial charge in [0, 0.05) is 33.9 Å². The Morgan fingerprint density at radius 2 is 2.00 bits per heavy atom. The van der Waals surface area contributed by atoms with Crippen LogP contribution in [0.1, 0.15) is 5.69 Å². The summed E-state index contributed by atoms with van der Waals surface area (Å²) in [5.74, 6) is 0. The molecule has 0 aliphatic rings. The van der Waals surface area contributed by atoms with Crippen LogP contribution in [0.2, 0.25) is 5.02 Å². The Morgan fingerprint density at radius 1 is 1.17 bits per heavy atom. The first-order valence-electron chi connectivity index (χ1n) is 7.30. The van der Waals surface area contributed by atoms with Gasteiger partial charge in [0.2, 0.25) is 0 Å². The third kappa shape index (κ3) is 2.46. The Hall–Kier alpha value is -2.68. The maximum absolute atomic E-state index is 9.29. The van der Waals surface area contributed by atoms with E-state index in [9.17, 15) is 5.26 Å². The van der Waals surface area contributed by atoms with Gasteiger partial charge in [-0.3, -0.25) is 9.38 Å². The molecule has 4 rings (SSSR count). The zero-order chi connectivity index (χ0) is 16.5. The van der Waals surface area contributed by atoms with Gasteiger partial charge < -0.3 is 0 Å². The summed E-state index contributed by atoms with van der Waals surface area (Å²) in [6, 6.07) is 13.7. The van der Waals surface area contributed by atoms with Gasteiger partial charge in [-0.05, 0) is 24.3 Å². The highest BCUT2D eigenvalue weighted by atomic mass is 35.5. The first-order valence-corrected chi connectivity index (χ1v) is 8.56. The van der Waals surface area contributed by atoms with Crippen molar-refractivity contribution in [3.05, 3.63) is 64.9 Å². The molecule has 0 radical (unpaired) electrons. The number of pyridine rings is 1. The third-order valence-electron chi connectivity index (χ3n) is 3.78. The van der Waals surface area contributed by atoms with E-state index in [-0.39, 0.29) is 6.42 Å². The van der Waals surface area contributed by atoms with Gasteiger partial charge >= 0.3 is 0 Å². The molecule has 0 N–H and O–H groups in total. The van der Waals surface area contributed by atoms with E-state index in [4.69, 9.17) is 16.6 Å². The molecule has 3 heterocycles. The molecule has 0 saturated heterocycles. The number of fused-ring (bicyclic) bond motifs is 1. The van der Waals surface area contributed by atoms with E-state index >= 15 is 0 Å². The van der Waals surface area contributed by atoms with Crippen molar-refractivity contribution in [3.63, 3.8) is 0 Å². The van der Waals surface area contributed by atoms with Crippen molar-refractivity contribution in [2.24, 2.45) is 0 Å². The summed E-state index contributed by atoms with van der Waals surface area (Å²) < 4.78 is 2.05. The van der Waals surface area contributed by atoms with E-state index in [0.717, 1.165) is 33.2 Å². The molecule has 1 aromatic carbocycles. The summed E-state index contributed by atoms with van der Waals surface area (Å²) in [5.41, 5.74) is 4.67.